The summed E-state index contributed by atoms with van der Waals surface area (Å²) in [4.78, 5) is 0. The molecule has 1 unspecified atom stereocenters. The zero-order valence-corrected chi connectivity index (χ0v) is 12.0. The van der Waals surface area contributed by atoms with Crippen molar-refractivity contribution in [2.24, 2.45) is 0 Å². The Balaban J connectivity index is 1.62. The number of hydrogen-bond donors (Lipinski definition) is 1. The molecule has 0 aromatic heterocycles. The quantitative estimate of drug-likeness (QED) is 0.909. The van der Waals surface area contributed by atoms with E-state index in [2.05, 4.69) is 18.2 Å². The Bertz CT molecular complexity index is 599. The van der Waals surface area contributed by atoms with Crippen LogP contribution in [0.3, 0.4) is 0 Å². The van der Waals surface area contributed by atoms with Gasteiger partial charge in [0.15, 0.2) is 0 Å². The molecule has 0 heterocycles. The van der Waals surface area contributed by atoms with E-state index in [4.69, 9.17) is 4.74 Å². The highest BCUT2D eigenvalue weighted by Crippen LogP contribution is 2.27. The van der Waals surface area contributed by atoms with E-state index in [0.29, 0.717) is 6.61 Å². The Morgan fingerprint density at radius 3 is 2.48 bits per heavy atom. The van der Waals surface area contributed by atoms with Gasteiger partial charge in [-0.25, -0.2) is 0 Å². The minimum Gasteiger partial charge on any atom is -0.489 e. The molecule has 108 valence electrons. The van der Waals surface area contributed by atoms with Gasteiger partial charge in [0.2, 0.25) is 0 Å². The summed E-state index contributed by atoms with van der Waals surface area (Å²) in [6.45, 7) is 0.583. The summed E-state index contributed by atoms with van der Waals surface area (Å²) in [5.41, 5.74) is 3.43. The second-order valence-corrected chi connectivity index (χ2v) is 5.47. The van der Waals surface area contributed by atoms with Crippen molar-refractivity contribution >= 4 is 6.08 Å². The van der Waals surface area contributed by atoms with E-state index < -0.39 is 0 Å². The molecule has 2 aromatic rings. The molecule has 0 aliphatic heterocycles. The first-order valence-corrected chi connectivity index (χ1v) is 7.46. The number of aliphatic hydroxyl groups excluding tert-OH is 1. The van der Waals surface area contributed by atoms with E-state index in [1.807, 2.05) is 42.5 Å². The average Bonchev–Trinajstić information content (AvgIpc) is 2.93. The molecule has 1 atom stereocenters. The minimum absolute atomic E-state index is 0.251. The summed E-state index contributed by atoms with van der Waals surface area (Å²) < 4.78 is 5.77. The van der Waals surface area contributed by atoms with E-state index in [-0.39, 0.29) is 6.10 Å². The molecule has 0 spiro atoms. The fraction of sp³-hybridized carbons (Fsp3) is 0.263. The minimum atomic E-state index is -0.251. The van der Waals surface area contributed by atoms with Gasteiger partial charge >= 0.3 is 0 Å². The van der Waals surface area contributed by atoms with Crippen LogP contribution >= 0.6 is 0 Å². The number of ether oxygens (including phenoxy) is 1. The normalized spacial score (nSPS) is 19.9. The number of benzene rings is 2. The van der Waals surface area contributed by atoms with Crippen molar-refractivity contribution in [3.8, 4) is 5.75 Å². The van der Waals surface area contributed by atoms with Crippen LogP contribution in [-0.4, -0.2) is 11.2 Å². The van der Waals surface area contributed by atoms with Gasteiger partial charge in [0.1, 0.15) is 12.4 Å². The van der Waals surface area contributed by atoms with Gasteiger partial charge in [0.25, 0.3) is 0 Å². The number of hydrogen-bond acceptors (Lipinski definition) is 2. The molecule has 0 radical (unpaired) electrons. The van der Waals surface area contributed by atoms with Crippen LogP contribution in [0.25, 0.3) is 6.08 Å². The van der Waals surface area contributed by atoms with Crippen LogP contribution in [0.4, 0.5) is 0 Å². The van der Waals surface area contributed by atoms with Crippen molar-refractivity contribution in [3.63, 3.8) is 0 Å². The van der Waals surface area contributed by atoms with Crippen LogP contribution in [0, 0.1) is 0 Å². The van der Waals surface area contributed by atoms with Gasteiger partial charge in [0.05, 0.1) is 6.10 Å². The Labute approximate surface area is 125 Å². The van der Waals surface area contributed by atoms with Crippen molar-refractivity contribution in [1.82, 2.24) is 0 Å². The first-order chi connectivity index (χ1) is 10.3. The highest BCUT2D eigenvalue weighted by atomic mass is 16.5. The standard InChI is InChI=1S/C19H20O2/c20-19-8-4-7-17(19)13-15-9-11-18(12-10-15)21-14-16-5-2-1-3-6-16/h1-3,5-6,9-13,19-20H,4,7-8,14H2/b17-13+. The molecular formula is C19H20O2. The van der Waals surface area contributed by atoms with E-state index in [1.54, 1.807) is 0 Å². The predicted molar refractivity (Wildman–Crippen MR) is 85.1 cm³/mol. The van der Waals surface area contributed by atoms with Crippen molar-refractivity contribution in [2.45, 2.75) is 32.0 Å². The number of rotatable bonds is 4. The summed E-state index contributed by atoms with van der Waals surface area (Å²) in [5, 5.41) is 9.82. The molecule has 21 heavy (non-hydrogen) atoms. The summed E-state index contributed by atoms with van der Waals surface area (Å²) >= 11 is 0. The zero-order chi connectivity index (χ0) is 14.5. The molecule has 0 amide bonds. The van der Waals surface area contributed by atoms with Gasteiger partial charge in [-0.3, -0.25) is 0 Å². The maximum Gasteiger partial charge on any atom is 0.119 e. The average molecular weight is 280 g/mol. The number of aliphatic hydroxyl groups is 1. The lowest BCUT2D eigenvalue weighted by Crippen LogP contribution is -2.00. The molecule has 1 N–H and O–H groups in total. The Morgan fingerprint density at radius 1 is 1.05 bits per heavy atom. The molecule has 1 aliphatic rings. The fourth-order valence-corrected chi connectivity index (χ4v) is 2.64. The van der Waals surface area contributed by atoms with Gasteiger partial charge < -0.3 is 9.84 Å². The Kier molecular flexibility index (Phi) is 4.37. The smallest absolute Gasteiger partial charge is 0.119 e. The van der Waals surface area contributed by atoms with Gasteiger partial charge in [-0.05, 0) is 48.1 Å². The molecule has 2 aromatic carbocycles. The largest absolute Gasteiger partial charge is 0.489 e. The molecule has 2 heteroatoms. The Morgan fingerprint density at radius 2 is 1.81 bits per heavy atom. The predicted octanol–water partition coefficient (Wildman–Crippen LogP) is 4.19. The first kappa shape index (κ1) is 13.9. The lowest BCUT2D eigenvalue weighted by molar-refractivity contribution is 0.219. The molecule has 2 nitrogen and oxygen atoms in total. The summed E-state index contributed by atoms with van der Waals surface area (Å²) in [5.74, 6) is 0.868. The van der Waals surface area contributed by atoms with E-state index in [9.17, 15) is 5.11 Å². The molecule has 1 saturated carbocycles. The lowest BCUT2D eigenvalue weighted by Gasteiger charge is -2.07. The third kappa shape index (κ3) is 3.73. The third-order valence-electron chi connectivity index (χ3n) is 3.85. The zero-order valence-electron chi connectivity index (χ0n) is 12.0. The lowest BCUT2D eigenvalue weighted by atomic mass is 10.1. The van der Waals surface area contributed by atoms with Crippen molar-refractivity contribution in [1.29, 1.82) is 0 Å². The van der Waals surface area contributed by atoms with Crippen molar-refractivity contribution < 1.29 is 9.84 Å². The van der Waals surface area contributed by atoms with Crippen LogP contribution in [-0.2, 0) is 6.61 Å². The van der Waals surface area contributed by atoms with Gasteiger partial charge in [0, 0.05) is 0 Å². The van der Waals surface area contributed by atoms with Crippen LogP contribution in [0.1, 0.15) is 30.4 Å². The topological polar surface area (TPSA) is 29.5 Å². The second kappa shape index (κ2) is 6.59. The summed E-state index contributed by atoms with van der Waals surface area (Å²) in [6.07, 6.45) is 4.83. The van der Waals surface area contributed by atoms with E-state index in [1.165, 1.54) is 0 Å². The highest BCUT2D eigenvalue weighted by molar-refractivity contribution is 5.55. The maximum absolute atomic E-state index is 9.82. The van der Waals surface area contributed by atoms with E-state index >= 15 is 0 Å². The van der Waals surface area contributed by atoms with Crippen LogP contribution in [0.2, 0.25) is 0 Å². The third-order valence-corrected chi connectivity index (χ3v) is 3.85. The Hall–Kier alpha value is -2.06. The maximum atomic E-state index is 9.82. The van der Waals surface area contributed by atoms with Crippen LogP contribution in [0.15, 0.2) is 60.2 Å². The highest BCUT2D eigenvalue weighted by Gasteiger charge is 2.17. The molecule has 1 fully saturated rings. The monoisotopic (exact) mass is 280 g/mol. The van der Waals surface area contributed by atoms with Crippen LogP contribution in [0.5, 0.6) is 5.75 Å². The summed E-state index contributed by atoms with van der Waals surface area (Å²) in [6, 6.07) is 18.2. The summed E-state index contributed by atoms with van der Waals surface area (Å²) in [7, 11) is 0. The van der Waals surface area contributed by atoms with Crippen molar-refractivity contribution in [2.75, 3.05) is 0 Å². The van der Waals surface area contributed by atoms with Gasteiger partial charge in [-0.2, -0.15) is 0 Å². The first-order valence-electron chi connectivity index (χ1n) is 7.46. The SMILES string of the molecule is OC1CCC/C1=C\c1ccc(OCc2ccccc2)cc1. The molecule has 0 bridgehead atoms. The molecule has 0 saturated heterocycles. The molecule has 3 rings (SSSR count). The van der Waals surface area contributed by atoms with Gasteiger partial charge in [-0.1, -0.05) is 48.5 Å². The van der Waals surface area contributed by atoms with E-state index in [0.717, 1.165) is 41.7 Å². The second-order valence-electron chi connectivity index (χ2n) is 5.47. The van der Waals surface area contributed by atoms with Gasteiger partial charge in [-0.15, -0.1) is 0 Å². The molecular weight excluding hydrogens is 260 g/mol. The van der Waals surface area contributed by atoms with Crippen molar-refractivity contribution in [3.05, 3.63) is 71.3 Å². The van der Waals surface area contributed by atoms with Crippen LogP contribution < -0.4 is 4.74 Å². The fourth-order valence-electron chi connectivity index (χ4n) is 2.64. The molecule has 1 aliphatic carbocycles.